The van der Waals surface area contributed by atoms with Crippen LogP contribution in [0.2, 0.25) is 0 Å². The Morgan fingerprint density at radius 2 is 1.86 bits per heavy atom. The molecule has 0 saturated carbocycles. The number of carbonyl (C=O) groups is 1. The number of benzene rings is 1. The van der Waals surface area contributed by atoms with Gasteiger partial charge in [0.05, 0.1) is 17.8 Å². The van der Waals surface area contributed by atoms with Crippen LogP contribution in [0.1, 0.15) is 58.4 Å². The van der Waals surface area contributed by atoms with Gasteiger partial charge < -0.3 is 19.8 Å². The minimum atomic E-state index is -0.823. The fourth-order valence-electron chi connectivity index (χ4n) is 5.04. The molecule has 1 aromatic carbocycles. The van der Waals surface area contributed by atoms with Gasteiger partial charge in [-0.3, -0.25) is 4.79 Å². The summed E-state index contributed by atoms with van der Waals surface area (Å²) in [5.41, 5.74) is 1.40. The average molecular weight is 390 g/mol. The highest BCUT2D eigenvalue weighted by Gasteiger charge is 2.47. The van der Waals surface area contributed by atoms with Crippen molar-refractivity contribution < 1.29 is 19.7 Å². The molecule has 5 nitrogen and oxygen atoms in total. The molecular formula is C23H35NO4. The second-order valence-electron chi connectivity index (χ2n) is 8.97. The number of aryl methyl sites for hydroxylation is 1. The van der Waals surface area contributed by atoms with Crippen LogP contribution in [0.3, 0.4) is 0 Å². The fourth-order valence-corrected chi connectivity index (χ4v) is 5.04. The van der Waals surface area contributed by atoms with Crippen molar-refractivity contribution >= 4 is 11.6 Å². The van der Waals surface area contributed by atoms with Gasteiger partial charge in [-0.15, -0.1) is 0 Å². The number of carbonyl (C=O) groups excluding carboxylic acids is 1. The normalized spacial score (nSPS) is 28.8. The molecule has 5 heteroatoms. The summed E-state index contributed by atoms with van der Waals surface area (Å²) < 4.78 is 6.24. The van der Waals surface area contributed by atoms with Gasteiger partial charge in [-0.25, -0.2) is 0 Å². The van der Waals surface area contributed by atoms with Crippen molar-refractivity contribution in [3.63, 3.8) is 0 Å². The van der Waals surface area contributed by atoms with Gasteiger partial charge in [0.25, 0.3) is 0 Å². The Labute approximate surface area is 168 Å². The maximum atomic E-state index is 12.1. The van der Waals surface area contributed by atoms with Gasteiger partial charge in [0.15, 0.2) is 0 Å². The first-order valence-corrected chi connectivity index (χ1v) is 10.7. The lowest BCUT2D eigenvalue weighted by molar-refractivity contribution is -0.119. The molecule has 2 heterocycles. The number of hydrogen-bond acceptors (Lipinski definition) is 4. The third kappa shape index (κ3) is 4.76. The number of aliphatic hydroxyl groups excluding tert-OH is 1. The van der Waals surface area contributed by atoms with E-state index >= 15 is 0 Å². The summed E-state index contributed by atoms with van der Waals surface area (Å²) in [6.45, 7) is 6.72. The molecule has 0 bridgehead atoms. The van der Waals surface area contributed by atoms with E-state index in [9.17, 15) is 15.0 Å². The molecular weight excluding hydrogens is 354 g/mol. The number of aliphatic hydroxyl groups is 2. The number of anilines is 1. The van der Waals surface area contributed by atoms with E-state index in [4.69, 9.17) is 4.74 Å². The molecule has 0 unspecified atom stereocenters. The largest absolute Gasteiger partial charge is 0.396 e. The monoisotopic (exact) mass is 389 g/mol. The Kier molecular flexibility index (Phi) is 6.79. The molecule has 0 aromatic heterocycles. The second kappa shape index (κ2) is 8.93. The summed E-state index contributed by atoms with van der Waals surface area (Å²) >= 11 is 0. The molecule has 2 fully saturated rings. The molecule has 0 aliphatic carbocycles. The maximum absolute atomic E-state index is 12.1. The summed E-state index contributed by atoms with van der Waals surface area (Å²) in [7, 11) is 0. The topological polar surface area (TPSA) is 70.0 Å². The first-order chi connectivity index (χ1) is 13.3. The van der Waals surface area contributed by atoms with Crippen LogP contribution in [0.15, 0.2) is 24.3 Å². The van der Waals surface area contributed by atoms with Crippen LogP contribution < -0.4 is 4.90 Å². The van der Waals surface area contributed by atoms with Crippen LogP contribution >= 0.6 is 0 Å². The number of amides is 1. The highest BCUT2D eigenvalue weighted by molar-refractivity contribution is 5.93. The number of piperidine rings is 1. The molecule has 0 radical (unpaired) electrons. The Balaban J connectivity index is 1.60. The zero-order chi connectivity index (χ0) is 20.3. The zero-order valence-electron chi connectivity index (χ0n) is 17.4. The summed E-state index contributed by atoms with van der Waals surface area (Å²) in [6, 6.07) is 8.31. The van der Waals surface area contributed by atoms with E-state index in [-0.39, 0.29) is 36.6 Å². The van der Waals surface area contributed by atoms with E-state index in [0.29, 0.717) is 12.8 Å². The van der Waals surface area contributed by atoms with E-state index in [1.54, 1.807) is 0 Å². The smallest absolute Gasteiger partial charge is 0.226 e. The predicted octanol–water partition coefficient (Wildman–Crippen LogP) is 3.31. The SMILES string of the molecule is C[C@H]1[C@H](C(C)(C)O)[C@@H](CCO)O[C@H]1CCc1ccc(N2CCCCC2=O)cc1. The van der Waals surface area contributed by atoms with Crippen LogP contribution in [0.25, 0.3) is 0 Å². The molecule has 4 atom stereocenters. The van der Waals surface area contributed by atoms with E-state index in [1.165, 1.54) is 5.56 Å². The van der Waals surface area contributed by atoms with Crippen LogP contribution in [0.5, 0.6) is 0 Å². The van der Waals surface area contributed by atoms with Crippen molar-refractivity contribution in [2.45, 2.75) is 77.1 Å². The van der Waals surface area contributed by atoms with Gasteiger partial charge in [0.1, 0.15) is 0 Å². The van der Waals surface area contributed by atoms with Crippen molar-refractivity contribution in [1.82, 2.24) is 0 Å². The Bertz CT molecular complexity index is 652. The predicted molar refractivity (Wildman–Crippen MR) is 110 cm³/mol. The Morgan fingerprint density at radius 1 is 1.14 bits per heavy atom. The van der Waals surface area contributed by atoms with Crippen LogP contribution in [0.4, 0.5) is 5.69 Å². The highest BCUT2D eigenvalue weighted by Crippen LogP contribution is 2.42. The molecule has 28 heavy (non-hydrogen) atoms. The van der Waals surface area contributed by atoms with Crippen LogP contribution in [-0.4, -0.2) is 47.1 Å². The van der Waals surface area contributed by atoms with E-state index in [2.05, 4.69) is 19.1 Å². The van der Waals surface area contributed by atoms with Crippen molar-refractivity contribution in [2.75, 3.05) is 18.1 Å². The zero-order valence-corrected chi connectivity index (χ0v) is 17.4. The Hall–Kier alpha value is -1.43. The molecule has 2 aliphatic rings. The summed E-state index contributed by atoms with van der Waals surface area (Å²) in [5, 5.41) is 19.9. The van der Waals surface area contributed by atoms with E-state index in [0.717, 1.165) is 37.9 Å². The molecule has 1 aromatic rings. The van der Waals surface area contributed by atoms with Gasteiger partial charge in [-0.05, 0) is 69.6 Å². The molecule has 0 spiro atoms. The molecule has 156 valence electrons. The summed E-state index contributed by atoms with van der Waals surface area (Å²) in [5.74, 6) is 0.485. The molecule has 1 amide bonds. The molecule has 2 saturated heterocycles. The van der Waals surface area contributed by atoms with Crippen molar-refractivity contribution in [3.05, 3.63) is 29.8 Å². The first-order valence-electron chi connectivity index (χ1n) is 10.7. The third-order valence-electron chi connectivity index (χ3n) is 6.42. The van der Waals surface area contributed by atoms with E-state index < -0.39 is 5.60 Å². The maximum Gasteiger partial charge on any atom is 0.226 e. The quantitative estimate of drug-likeness (QED) is 0.751. The lowest BCUT2D eigenvalue weighted by Gasteiger charge is -2.32. The molecule has 3 rings (SSSR count). The van der Waals surface area contributed by atoms with Gasteiger partial charge in [0, 0.05) is 31.2 Å². The van der Waals surface area contributed by atoms with Gasteiger partial charge in [0.2, 0.25) is 5.91 Å². The summed E-state index contributed by atoms with van der Waals surface area (Å²) in [6.07, 6.45) is 5.04. The number of hydrogen-bond donors (Lipinski definition) is 2. The van der Waals surface area contributed by atoms with Crippen molar-refractivity contribution in [3.8, 4) is 0 Å². The lowest BCUT2D eigenvalue weighted by atomic mass is 9.76. The number of nitrogens with zero attached hydrogens (tertiary/aromatic N) is 1. The van der Waals surface area contributed by atoms with Crippen LogP contribution in [0, 0.1) is 11.8 Å². The minimum absolute atomic E-state index is 0.0251. The van der Waals surface area contributed by atoms with Crippen molar-refractivity contribution in [2.24, 2.45) is 11.8 Å². The summed E-state index contributed by atoms with van der Waals surface area (Å²) in [4.78, 5) is 14.0. The average Bonchev–Trinajstić information content (AvgIpc) is 2.97. The van der Waals surface area contributed by atoms with Gasteiger partial charge >= 0.3 is 0 Å². The molecule has 2 N–H and O–H groups in total. The molecule has 2 aliphatic heterocycles. The minimum Gasteiger partial charge on any atom is -0.396 e. The van der Waals surface area contributed by atoms with E-state index in [1.807, 2.05) is 30.9 Å². The van der Waals surface area contributed by atoms with Gasteiger partial charge in [-0.2, -0.15) is 0 Å². The number of rotatable bonds is 7. The van der Waals surface area contributed by atoms with Crippen LogP contribution in [-0.2, 0) is 16.0 Å². The third-order valence-corrected chi connectivity index (χ3v) is 6.42. The van der Waals surface area contributed by atoms with Crippen molar-refractivity contribution in [1.29, 1.82) is 0 Å². The fraction of sp³-hybridized carbons (Fsp3) is 0.696. The highest BCUT2D eigenvalue weighted by atomic mass is 16.5. The standard InChI is InChI=1S/C23H35NO4/c1-16-19(28-20(13-15-25)22(16)23(2,3)27)12-9-17-7-10-18(11-8-17)24-14-5-4-6-21(24)26/h7-8,10-11,16,19-20,22,25,27H,4-6,9,12-15H2,1-3H3/t16-,19+,20-,22+/m1/s1. The number of ether oxygens (including phenoxy) is 1. The first kappa shape index (κ1) is 21.3. The van der Waals surface area contributed by atoms with Gasteiger partial charge in [-0.1, -0.05) is 19.1 Å². The lowest BCUT2D eigenvalue weighted by Crippen LogP contribution is -2.40. The Morgan fingerprint density at radius 3 is 2.46 bits per heavy atom. The second-order valence-corrected chi connectivity index (χ2v) is 8.97.